The van der Waals surface area contributed by atoms with E-state index in [2.05, 4.69) is 33.0 Å². The highest BCUT2D eigenvalue weighted by Crippen LogP contribution is 2.10. The molecule has 3 amide bonds. The summed E-state index contributed by atoms with van der Waals surface area (Å²) in [5.74, 6) is -0.224. The van der Waals surface area contributed by atoms with Crippen LogP contribution in [-0.4, -0.2) is 49.2 Å². The van der Waals surface area contributed by atoms with Gasteiger partial charge in [0.1, 0.15) is 6.04 Å². The van der Waals surface area contributed by atoms with Gasteiger partial charge in [-0.15, -0.1) is 0 Å². The second-order valence-corrected chi connectivity index (χ2v) is 8.46. The quantitative estimate of drug-likeness (QED) is 0.562. The topological polar surface area (TPSA) is 82.7 Å². The van der Waals surface area contributed by atoms with Crippen LogP contribution in [0.15, 0.2) is 54.6 Å². The summed E-state index contributed by atoms with van der Waals surface area (Å²) in [5, 5.41) is 8.60. The van der Waals surface area contributed by atoms with E-state index in [1.165, 1.54) is 5.56 Å². The number of amides is 3. The van der Waals surface area contributed by atoms with Crippen LogP contribution in [0.3, 0.4) is 0 Å². The predicted octanol–water partition coefficient (Wildman–Crippen LogP) is 2.66. The molecular formula is C25H34N4O3. The Balaban J connectivity index is 1.48. The first-order chi connectivity index (χ1) is 15.5. The van der Waals surface area contributed by atoms with E-state index in [1.807, 2.05) is 56.3 Å². The van der Waals surface area contributed by atoms with Gasteiger partial charge in [0, 0.05) is 32.7 Å². The number of benzene rings is 2. The average Bonchev–Trinajstić information content (AvgIpc) is 2.81. The van der Waals surface area contributed by atoms with Crippen LogP contribution in [0.5, 0.6) is 0 Å². The van der Waals surface area contributed by atoms with Crippen molar-refractivity contribution in [2.24, 2.45) is 5.92 Å². The minimum atomic E-state index is -0.609. The number of carbonyl (C=O) groups excluding carboxylic acids is 2. The third-order valence-electron chi connectivity index (χ3n) is 5.50. The molecule has 1 saturated heterocycles. The highest BCUT2D eigenvalue weighted by atomic mass is 16.5. The first-order valence-corrected chi connectivity index (χ1v) is 11.2. The van der Waals surface area contributed by atoms with Crippen LogP contribution < -0.4 is 16.0 Å². The van der Waals surface area contributed by atoms with Gasteiger partial charge in [-0.2, -0.15) is 0 Å². The van der Waals surface area contributed by atoms with Crippen LogP contribution >= 0.6 is 0 Å². The summed E-state index contributed by atoms with van der Waals surface area (Å²) < 4.78 is 5.41. The molecule has 3 rings (SSSR count). The lowest BCUT2D eigenvalue weighted by atomic mass is 10.0. The monoisotopic (exact) mass is 438 g/mol. The molecule has 1 fully saturated rings. The molecular weight excluding hydrogens is 404 g/mol. The fourth-order valence-electron chi connectivity index (χ4n) is 3.66. The second kappa shape index (κ2) is 12.2. The Morgan fingerprint density at radius 1 is 0.906 bits per heavy atom. The highest BCUT2D eigenvalue weighted by Gasteiger charge is 2.24. The number of carbonyl (C=O) groups is 2. The van der Waals surface area contributed by atoms with Crippen molar-refractivity contribution in [3.05, 3.63) is 71.3 Å². The maximum Gasteiger partial charge on any atom is 0.315 e. The van der Waals surface area contributed by atoms with E-state index in [-0.39, 0.29) is 17.9 Å². The Hall–Kier alpha value is -2.90. The highest BCUT2D eigenvalue weighted by molar-refractivity contribution is 5.87. The van der Waals surface area contributed by atoms with Crippen LogP contribution in [-0.2, 0) is 29.2 Å². The van der Waals surface area contributed by atoms with Crippen molar-refractivity contribution in [3.8, 4) is 0 Å². The molecule has 1 aliphatic rings. The molecule has 0 radical (unpaired) electrons. The average molecular weight is 439 g/mol. The van der Waals surface area contributed by atoms with Crippen molar-refractivity contribution in [2.75, 3.05) is 26.3 Å². The molecule has 0 aromatic heterocycles. The molecule has 0 bridgehead atoms. The Labute approximate surface area is 190 Å². The van der Waals surface area contributed by atoms with Crippen molar-refractivity contribution in [1.29, 1.82) is 0 Å². The molecule has 7 heteroatoms. The molecule has 1 heterocycles. The van der Waals surface area contributed by atoms with Gasteiger partial charge in [0.25, 0.3) is 0 Å². The number of urea groups is 1. The van der Waals surface area contributed by atoms with Crippen LogP contribution in [0.1, 0.15) is 30.5 Å². The van der Waals surface area contributed by atoms with E-state index in [1.54, 1.807) is 0 Å². The van der Waals surface area contributed by atoms with Crippen LogP contribution in [0, 0.1) is 5.92 Å². The third kappa shape index (κ3) is 7.66. The van der Waals surface area contributed by atoms with Gasteiger partial charge in [0.15, 0.2) is 0 Å². The second-order valence-electron chi connectivity index (χ2n) is 8.46. The Morgan fingerprint density at radius 2 is 1.56 bits per heavy atom. The summed E-state index contributed by atoms with van der Waals surface area (Å²) in [7, 11) is 0. The molecule has 7 nitrogen and oxygen atoms in total. The molecule has 0 saturated carbocycles. The summed E-state index contributed by atoms with van der Waals surface area (Å²) in [6, 6.07) is 17.0. The van der Waals surface area contributed by atoms with Gasteiger partial charge in [-0.3, -0.25) is 9.69 Å². The molecule has 2 aromatic carbocycles. The van der Waals surface area contributed by atoms with Gasteiger partial charge < -0.3 is 20.7 Å². The van der Waals surface area contributed by atoms with E-state index in [0.29, 0.717) is 13.1 Å². The van der Waals surface area contributed by atoms with Crippen LogP contribution in [0.4, 0.5) is 4.79 Å². The minimum absolute atomic E-state index is 0.0369. The van der Waals surface area contributed by atoms with Crippen molar-refractivity contribution in [2.45, 2.75) is 39.5 Å². The zero-order chi connectivity index (χ0) is 22.8. The van der Waals surface area contributed by atoms with E-state index in [4.69, 9.17) is 4.74 Å². The van der Waals surface area contributed by atoms with E-state index in [0.717, 1.165) is 44.0 Å². The number of rotatable bonds is 9. The Kier molecular flexibility index (Phi) is 9.07. The lowest BCUT2D eigenvalue weighted by Crippen LogP contribution is -2.52. The van der Waals surface area contributed by atoms with Gasteiger partial charge in [0.2, 0.25) is 5.91 Å². The van der Waals surface area contributed by atoms with Crippen molar-refractivity contribution < 1.29 is 14.3 Å². The van der Waals surface area contributed by atoms with Crippen LogP contribution in [0.25, 0.3) is 0 Å². The number of ether oxygens (including phenoxy) is 1. The SMILES string of the molecule is CC(C)C(NC(=O)NCc1ccccc1)C(=O)NCc1cccc(CN2CCOCC2)c1. The first kappa shape index (κ1) is 23.8. The van der Waals surface area contributed by atoms with Crippen molar-refractivity contribution in [3.63, 3.8) is 0 Å². The third-order valence-corrected chi connectivity index (χ3v) is 5.50. The van der Waals surface area contributed by atoms with Gasteiger partial charge in [-0.05, 0) is 22.6 Å². The van der Waals surface area contributed by atoms with Crippen molar-refractivity contribution in [1.82, 2.24) is 20.9 Å². The normalized spacial score (nSPS) is 15.2. The smallest absolute Gasteiger partial charge is 0.315 e. The number of hydrogen-bond acceptors (Lipinski definition) is 4. The molecule has 0 spiro atoms. The molecule has 2 aromatic rings. The molecule has 1 atom stereocenters. The zero-order valence-corrected chi connectivity index (χ0v) is 19.0. The standard InChI is InChI=1S/C25H34N4O3/c1-19(2)23(28-25(31)27-16-20-7-4-3-5-8-20)24(30)26-17-21-9-6-10-22(15-21)18-29-11-13-32-14-12-29/h3-10,15,19,23H,11-14,16-18H2,1-2H3,(H,26,30)(H2,27,28,31). The fourth-order valence-corrected chi connectivity index (χ4v) is 3.66. The fraction of sp³-hybridized carbons (Fsp3) is 0.440. The van der Waals surface area contributed by atoms with Gasteiger partial charge in [-0.25, -0.2) is 4.79 Å². The van der Waals surface area contributed by atoms with E-state index < -0.39 is 6.04 Å². The van der Waals surface area contributed by atoms with Crippen LogP contribution in [0.2, 0.25) is 0 Å². The summed E-state index contributed by atoms with van der Waals surface area (Å²) in [5.41, 5.74) is 3.27. The molecule has 172 valence electrons. The lowest BCUT2D eigenvalue weighted by molar-refractivity contribution is -0.124. The Morgan fingerprint density at radius 3 is 2.28 bits per heavy atom. The zero-order valence-electron chi connectivity index (χ0n) is 19.0. The maximum absolute atomic E-state index is 12.8. The van der Waals surface area contributed by atoms with Gasteiger partial charge in [-0.1, -0.05) is 68.4 Å². The number of morpholine rings is 1. The molecule has 3 N–H and O–H groups in total. The maximum atomic E-state index is 12.8. The van der Waals surface area contributed by atoms with Gasteiger partial charge in [0.05, 0.1) is 13.2 Å². The minimum Gasteiger partial charge on any atom is -0.379 e. The molecule has 32 heavy (non-hydrogen) atoms. The van der Waals surface area contributed by atoms with Gasteiger partial charge >= 0.3 is 6.03 Å². The number of hydrogen-bond donors (Lipinski definition) is 3. The largest absolute Gasteiger partial charge is 0.379 e. The summed E-state index contributed by atoms with van der Waals surface area (Å²) >= 11 is 0. The predicted molar refractivity (Wildman–Crippen MR) is 125 cm³/mol. The number of nitrogens with zero attached hydrogens (tertiary/aromatic N) is 1. The van der Waals surface area contributed by atoms with E-state index >= 15 is 0 Å². The molecule has 1 unspecified atom stereocenters. The molecule has 1 aliphatic heterocycles. The lowest BCUT2D eigenvalue weighted by Gasteiger charge is -2.26. The summed E-state index contributed by atoms with van der Waals surface area (Å²) in [4.78, 5) is 27.5. The number of nitrogens with one attached hydrogen (secondary N) is 3. The summed E-state index contributed by atoms with van der Waals surface area (Å²) in [6.07, 6.45) is 0. The van der Waals surface area contributed by atoms with Crippen molar-refractivity contribution >= 4 is 11.9 Å². The summed E-state index contributed by atoms with van der Waals surface area (Å²) in [6.45, 7) is 8.99. The Bertz CT molecular complexity index is 867. The van der Waals surface area contributed by atoms with E-state index in [9.17, 15) is 9.59 Å². The molecule has 0 aliphatic carbocycles. The first-order valence-electron chi connectivity index (χ1n) is 11.2.